The third kappa shape index (κ3) is 1.60. The first-order chi connectivity index (χ1) is 9.78. The number of anilines is 1. The summed E-state index contributed by atoms with van der Waals surface area (Å²) in [7, 11) is 0. The number of aromatic nitrogens is 1. The second-order valence-electron chi connectivity index (χ2n) is 4.88. The molecule has 2 N–H and O–H groups in total. The first-order valence-electron chi connectivity index (χ1n) is 6.51. The van der Waals surface area contributed by atoms with E-state index in [1.54, 1.807) is 4.90 Å². The molecule has 1 atom stereocenters. The van der Waals surface area contributed by atoms with Gasteiger partial charge in [0.25, 0.3) is 0 Å². The monoisotopic (exact) mass is 291 g/mol. The molecule has 6 nitrogen and oxygen atoms in total. The molecule has 1 fully saturated rings. The van der Waals surface area contributed by atoms with Gasteiger partial charge in [-0.2, -0.15) is 0 Å². The summed E-state index contributed by atoms with van der Waals surface area (Å²) < 4.78 is 6.58. The van der Waals surface area contributed by atoms with Gasteiger partial charge in [-0.3, -0.25) is 4.90 Å². The number of hydrogen-bond acceptors (Lipinski definition) is 5. The second-order valence-corrected chi connectivity index (χ2v) is 5.89. The van der Waals surface area contributed by atoms with Gasteiger partial charge in [-0.25, -0.2) is 9.78 Å². The van der Waals surface area contributed by atoms with E-state index in [4.69, 9.17) is 4.74 Å². The molecule has 20 heavy (non-hydrogen) atoms. The Balaban J connectivity index is 1.83. The molecule has 3 heterocycles. The van der Waals surface area contributed by atoms with Crippen molar-refractivity contribution in [3.63, 3.8) is 0 Å². The summed E-state index contributed by atoms with van der Waals surface area (Å²) in [6, 6.07) is 3.49. The number of thiazole rings is 1. The van der Waals surface area contributed by atoms with E-state index in [1.165, 1.54) is 11.3 Å². The Morgan fingerprint density at radius 3 is 3.30 bits per heavy atom. The molecule has 2 aliphatic rings. The minimum Gasteiger partial charge on any atom is -0.493 e. The van der Waals surface area contributed by atoms with Crippen LogP contribution < -0.4 is 15.0 Å². The van der Waals surface area contributed by atoms with Gasteiger partial charge >= 0.3 is 6.03 Å². The van der Waals surface area contributed by atoms with Crippen molar-refractivity contribution in [1.82, 2.24) is 10.3 Å². The van der Waals surface area contributed by atoms with Crippen LogP contribution in [0.25, 0.3) is 10.2 Å². The number of nitrogens with zero attached hydrogens (tertiary/aromatic N) is 2. The third-order valence-corrected chi connectivity index (χ3v) is 4.73. The van der Waals surface area contributed by atoms with E-state index in [-0.39, 0.29) is 18.7 Å². The normalized spacial score (nSPS) is 21.1. The molecule has 1 aromatic carbocycles. The fraction of sp³-hybridized carbons (Fsp3) is 0.385. The Labute approximate surface area is 119 Å². The molecule has 4 rings (SSSR count). The van der Waals surface area contributed by atoms with Crippen molar-refractivity contribution in [2.75, 3.05) is 24.7 Å². The quantitative estimate of drug-likeness (QED) is 0.869. The molecule has 1 aromatic heterocycles. The average Bonchev–Trinajstić information content (AvgIpc) is 3.13. The number of fused-ring (bicyclic) bond motifs is 3. The van der Waals surface area contributed by atoms with E-state index in [9.17, 15) is 9.90 Å². The second kappa shape index (κ2) is 4.32. The number of ether oxygens (including phenoxy) is 1. The first-order valence-corrected chi connectivity index (χ1v) is 7.32. The molecule has 7 heteroatoms. The van der Waals surface area contributed by atoms with Gasteiger partial charge in [0.15, 0.2) is 5.13 Å². The van der Waals surface area contributed by atoms with Gasteiger partial charge in [0.1, 0.15) is 5.75 Å². The van der Waals surface area contributed by atoms with Crippen LogP contribution in [0.3, 0.4) is 0 Å². The Morgan fingerprint density at radius 2 is 2.45 bits per heavy atom. The van der Waals surface area contributed by atoms with Crippen molar-refractivity contribution >= 4 is 32.7 Å². The number of urea groups is 1. The first kappa shape index (κ1) is 11.9. The zero-order chi connectivity index (χ0) is 13.7. The van der Waals surface area contributed by atoms with Crippen LogP contribution in [0.1, 0.15) is 5.56 Å². The summed E-state index contributed by atoms with van der Waals surface area (Å²) in [5, 5.41) is 12.7. The molecule has 0 spiro atoms. The highest BCUT2D eigenvalue weighted by Gasteiger charge is 2.34. The lowest BCUT2D eigenvalue weighted by Gasteiger charge is -2.17. The summed E-state index contributed by atoms with van der Waals surface area (Å²) in [6.07, 6.45) is 0.853. The van der Waals surface area contributed by atoms with Gasteiger partial charge in [-0.05, 0) is 12.1 Å². The number of amides is 2. The van der Waals surface area contributed by atoms with Crippen molar-refractivity contribution < 1.29 is 14.6 Å². The van der Waals surface area contributed by atoms with Crippen molar-refractivity contribution in [1.29, 1.82) is 0 Å². The molecule has 0 saturated carbocycles. The van der Waals surface area contributed by atoms with Gasteiger partial charge in [0.2, 0.25) is 0 Å². The average molecular weight is 291 g/mol. The zero-order valence-electron chi connectivity index (χ0n) is 10.6. The third-order valence-electron chi connectivity index (χ3n) is 3.71. The standard InChI is InChI=1S/C13H13N3O3S/c17-6-7-5-14-12(18)16(7)13-15-11-8-3-4-19-9(8)1-2-10(11)20-13/h1-2,7,17H,3-6H2,(H,14,18). The Morgan fingerprint density at radius 1 is 1.55 bits per heavy atom. The van der Waals surface area contributed by atoms with Gasteiger partial charge in [0.05, 0.1) is 29.5 Å². The van der Waals surface area contributed by atoms with Gasteiger partial charge in [0, 0.05) is 18.5 Å². The van der Waals surface area contributed by atoms with Gasteiger partial charge in [-0.1, -0.05) is 11.3 Å². The molecule has 2 amide bonds. The topological polar surface area (TPSA) is 74.7 Å². The van der Waals surface area contributed by atoms with Crippen molar-refractivity contribution in [2.24, 2.45) is 0 Å². The van der Waals surface area contributed by atoms with Crippen molar-refractivity contribution in [2.45, 2.75) is 12.5 Å². The molecule has 2 aromatic rings. The van der Waals surface area contributed by atoms with E-state index in [0.717, 1.165) is 28.0 Å². The lowest BCUT2D eigenvalue weighted by atomic mass is 10.1. The Bertz CT molecular complexity index is 699. The SMILES string of the molecule is O=C1NCC(CO)N1c1nc2c3c(ccc2s1)OCC3. The Kier molecular flexibility index (Phi) is 2.58. The maximum atomic E-state index is 11.9. The van der Waals surface area contributed by atoms with Crippen molar-refractivity contribution in [3.05, 3.63) is 17.7 Å². The summed E-state index contributed by atoms with van der Waals surface area (Å²) in [4.78, 5) is 18.1. The smallest absolute Gasteiger partial charge is 0.324 e. The lowest BCUT2D eigenvalue weighted by molar-refractivity contribution is 0.248. The molecule has 0 aliphatic carbocycles. The van der Waals surface area contributed by atoms with E-state index >= 15 is 0 Å². The lowest BCUT2D eigenvalue weighted by Crippen LogP contribution is -2.36. The van der Waals surface area contributed by atoms with E-state index < -0.39 is 0 Å². The number of rotatable bonds is 2. The predicted molar refractivity (Wildman–Crippen MR) is 75.6 cm³/mol. The van der Waals surface area contributed by atoms with Crippen LogP contribution in [0, 0.1) is 0 Å². The number of nitrogens with one attached hydrogen (secondary N) is 1. The molecular weight excluding hydrogens is 278 g/mol. The fourth-order valence-electron chi connectivity index (χ4n) is 2.70. The highest BCUT2D eigenvalue weighted by Crippen LogP contribution is 2.38. The Hall–Kier alpha value is -1.86. The minimum absolute atomic E-state index is 0.0735. The predicted octanol–water partition coefficient (Wildman–Crippen LogP) is 1.12. The van der Waals surface area contributed by atoms with Gasteiger partial charge in [-0.15, -0.1) is 0 Å². The van der Waals surface area contributed by atoms with Crippen LogP contribution in [0.15, 0.2) is 12.1 Å². The van der Waals surface area contributed by atoms with E-state index in [2.05, 4.69) is 10.3 Å². The molecule has 104 valence electrons. The number of hydrogen-bond donors (Lipinski definition) is 2. The van der Waals surface area contributed by atoms with Crippen LogP contribution in [-0.4, -0.2) is 41.9 Å². The van der Waals surface area contributed by atoms with Crippen LogP contribution in [-0.2, 0) is 6.42 Å². The molecule has 2 aliphatic heterocycles. The van der Waals surface area contributed by atoms with Crippen LogP contribution in [0.4, 0.5) is 9.93 Å². The van der Waals surface area contributed by atoms with Gasteiger partial charge < -0.3 is 15.2 Å². The summed E-state index contributed by atoms with van der Waals surface area (Å²) >= 11 is 1.47. The highest BCUT2D eigenvalue weighted by molar-refractivity contribution is 7.22. The molecule has 0 radical (unpaired) electrons. The largest absolute Gasteiger partial charge is 0.493 e. The van der Waals surface area contributed by atoms with E-state index in [1.807, 2.05) is 12.1 Å². The maximum Gasteiger partial charge on any atom is 0.324 e. The maximum absolute atomic E-state index is 11.9. The van der Waals surface area contributed by atoms with Crippen LogP contribution >= 0.6 is 11.3 Å². The molecule has 1 saturated heterocycles. The number of carbonyl (C=O) groups is 1. The molecule has 1 unspecified atom stereocenters. The molecular formula is C13H13N3O3S. The van der Waals surface area contributed by atoms with Crippen LogP contribution in [0.5, 0.6) is 5.75 Å². The summed E-state index contributed by atoms with van der Waals surface area (Å²) in [5.74, 6) is 0.888. The van der Waals surface area contributed by atoms with E-state index in [0.29, 0.717) is 18.3 Å². The number of benzene rings is 1. The molecule has 0 bridgehead atoms. The van der Waals surface area contributed by atoms with Crippen molar-refractivity contribution in [3.8, 4) is 5.75 Å². The minimum atomic E-state index is -0.243. The highest BCUT2D eigenvalue weighted by atomic mass is 32.1. The fourth-order valence-corrected chi connectivity index (χ4v) is 3.76. The number of aliphatic hydroxyl groups is 1. The zero-order valence-corrected chi connectivity index (χ0v) is 11.4. The summed E-state index contributed by atoms with van der Waals surface area (Å²) in [5.41, 5.74) is 2.03. The summed E-state index contributed by atoms with van der Waals surface area (Å²) in [6.45, 7) is 1.06. The number of aliphatic hydroxyl groups excluding tert-OH is 1. The number of carbonyl (C=O) groups excluding carboxylic acids is 1. The van der Waals surface area contributed by atoms with Crippen LogP contribution in [0.2, 0.25) is 0 Å².